The molecule has 0 radical (unpaired) electrons. The van der Waals surface area contributed by atoms with Crippen molar-refractivity contribution >= 4 is 17.8 Å². The molecule has 20 heavy (non-hydrogen) atoms. The van der Waals surface area contributed by atoms with Crippen molar-refractivity contribution in [3.8, 4) is 0 Å². The van der Waals surface area contributed by atoms with Crippen molar-refractivity contribution < 1.29 is 19.5 Å². The van der Waals surface area contributed by atoms with Gasteiger partial charge in [0.1, 0.15) is 0 Å². The predicted molar refractivity (Wildman–Crippen MR) is 74.1 cm³/mol. The summed E-state index contributed by atoms with van der Waals surface area (Å²) in [5, 5.41) is 11.5. The van der Waals surface area contributed by atoms with E-state index in [1.54, 1.807) is 25.7 Å². The van der Waals surface area contributed by atoms with Gasteiger partial charge in [0.05, 0.1) is 13.0 Å². The molecule has 2 amide bonds. The molecule has 6 heteroatoms. The highest BCUT2D eigenvalue weighted by molar-refractivity contribution is 5.87. The largest absolute Gasteiger partial charge is 0.481 e. The van der Waals surface area contributed by atoms with E-state index in [-0.39, 0.29) is 30.8 Å². The van der Waals surface area contributed by atoms with E-state index >= 15 is 0 Å². The molecule has 2 N–H and O–H groups in total. The Kier molecular flexibility index (Phi) is 5.53. The third-order valence-corrected chi connectivity index (χ3v) is 3.44. The Morgan fingerprint density at radius 1 is 1.25 bits per heavy atom. The molecule has 1 aliphatic rings. The lowest BCUT2D eigenvalue weighted by atomic mass is 9.95. The number of nitrogens with one attached hydrogen (secondary N) is 1. The second-order valence-electron chi connectivity index (χ2n) is 6.27. The smallest absolute Gasteiger partial charge is 0.305 e. The van der Waals surface area contributed by atoms with Crippen LogP contribution in [0.1, 0.15) is 46.5 Å². The first-order chi connectivity index (χ1) is 9.21. The molecule has 1 rings (SSSR count). The topological polar surface area (TPSA) is 86.7 Å². The van der Waals surface area contributed by atoms with Crippen LogP contribution in [0.2, 0.25) is 0 Å². The van der Waals surface area contributed by atoms with Gasteiger partial charge < -0.3 is 15.3 Å². The third-order valence-electron chi connectivity index (χ3n) is 3.44. The minimum Gasteiger partial charge on any atom is -0.481 e. The van der Waals surface area contributed by atoms with Gasteiger partial charge in [-0.3, -0.25) is 14.4 Å². The van der Waals surface area contributed by atoms with Crippen molar-refractivity contribution in [1.29, 1.82) is 0 Å². The van der Waals surface area contributed by atoms with Gasteiger partial charge in [-0.05, 0) is 19.3 Å². The van der Waals surface area contributed by atoms with Gasteiger partial charge in [-0.2, -0.15) is 0 Å². The summed E-state index contributed by atoms with van der Waals surface area (Å²) in [6.07, 6.45) is 2.51. The Balaban J connectivity index is 2.55. The van der Waals surface area contributed by atoms with Gasteiger partial charge in [0.25, 0.3) is 0 Å². The predicted octanol–water partition coefficient (Wildman–Crippen LogP) is 1.00. The van der Waals surface area contributed by atoms with Crippen LogP contribution >= 0.6 is 0 Å². The Morgan fingerprint density at radius 3 is 2.45 bits per heavy atom. The van der Waals surface area contributed by atoms with Crippen molar-refractivity contribution in [1.82, 2.24) is 10.2 Å². The lowest BCUT2D eigenvalue weighted by molar-refractivity contribution is -0.142. The van der Waals surface area contributed by atoms with E-state index in [4.69, 9.17) is 5.11 Å². The Labute approximate surface area is 119 Å². The van der Waals surface area contributed by atoms with Crippen molar-refractivity contribution in [3.63, 3.8) is 0 Å². The van der Waals surface area contributed by atoms with Crippen LogP contribution in [0.4, 0.5) is 0 Å². The molecule has 1 aliphatic heterocycles. The van der Waals surface area contributed by atoms with E-state index in [2.05, 4.69) is 5.32 Å². The second-order valence-corrected chi connectivity index (χ2v) is 6.27. The molecule has 0 saturated carbocycles. The number of carbonyl (C=O) groups is 3. The Morgan fingerprint density at radius 2 is 1.90 bits per heavy atom. The quantitative estimate of drug-likeness (QED) is 0.806. The number of hydrogen-bond donors (Lipinski definition) is 2. The molecule has 0 aromatic rings. The molecule has 1 unspecified atom stereocenters. The zero-order valence-electron chi connectivity index (χ0n) is 12.4. The summed E-state index contributed by atoms with van der Waals surface area (Å²) in [5.74, 6) is -1.28. The standard InChI is InChI=1S/C14H24N2O4/c1-14(2,3)13(20)15-9-11(17)16-7-5-4-6-10(16)8-12(18)19/h10H,4-9H2,1-3H3,(H,15,20)(H,18,19). The minimum atomic E-state index is -0.895. The summed E-state index contributed by atoms with van der Waals surface area (Å²) < 4.78 is 0. The average molecular weight is 284 g/mol. The normalized spacial score (nSPS) is 19.6. The number of piperidine rings is 1. The third kappa shape index (κ3) is 4.83. The van der Waals surface area contributed by atoms with Crippen LogP contribution in [-0.2, 0) is 14.4 Å². The number of carbonyl (C=O) groups excluding carboxylic acids is 2. The number of aliphatic carboxylic acids is 1. The first-order valence-corrected chi connectivity index (χ1v) is 7.01. The molecule has 0 bridgehead atoms. The molecule has 0 aromatic heterocycles. The zero-order chi connectivity index (χ0) is 15.3. The first kappa shape index (κ1) is 16.5. The molecule has 114 valence electrons. The Hall–Kier alpha value is -1.59. The van der Waals surface area contributed by atoms with E-state index in [0.29, 0.717) is 13.0 Å². The van der Waals surface area contributed by atoms with E-state index in [1.165, 1.54) is 0 Å². The van der Waals surface area contributed by atoms with Gasteiger partial charge in [-0.15, -0.1) is 0 Å². The monoisotopic (exact) mass is 284 g/mol. The molecular weight excluding hydrogens is 260 g/mol. The van der Waals surface area contributed by atoms with Crippen LogP contribution in [-0.4, -0.2) is 46.9 Å². The molecular formula is C14H24N2O4. The van der Waals surface area contributed by atoms with Crippen molar-refractivity contribution in [2.24, 2.45) is 5.41 Å². The molecule has 0 spiro atoms. The fraction of sp³-hybridized carbons (Fsp3) is 0.786. The number of carboxylic acid groups (broad SMARTS) is 1. The van der Waals surface area contributed by atoms with Crippen LogP contribution in [0.5, 0.6) is 0 Å². The molecule has 0 aliphatic carbocycles. The van der Waals surface area contributed by atoms with Crippen molar-refractivity contribution in [2.75, 3.05) is 13.1 Å². The van der Waals surface area contributed by atoms with Crippen molar-refractivity contribution in [3.05, 3.63) is 0 Å². The number of likely N-dealkylation sites (tertiary alicyclic amines) is 1. The fourth-order valence-electron chi connectivity index (χ4n) is 2.27. The molecule has 1 fully saturated rings. The van der Waals surface area contributed by atoms with Gasteiger partial charge in [-0.1, -0.05) is 20.8 Å². The SMILES string of the molecule is CC(C)(C)C(=O)NCC(=O)N1CCCCC1CC(=O)O. The lowest BCUT2D eigenvalue weighted by Gasteiger charge is -2.35. The maximum atomic E-state index is 12.1. The summed E-state index contributed by atoms with van der Waals surface area (Å²) >= 11 is 0. The number of carboxylic acids is 1. The van der Waals surface area contributed by atoms with Crippen LogP contribution in [0, 0.1) is 5.41 Å². The summed E-state index contributed by atoms with van der Waals surface area (Å²) in [6, 6.07) is -0.250. The first-order valence-electron chi connectivity index (χ1n) is 7.01. The van der Waals surface area contributed by atoms with E-state index < -0.39 is 11.4 Å². The molecule has 0 aromatic carbocycles. The molecule has 1 atom stereocenters. The van der Waals surface area contributed by atoms with Crippen molar-refractivity contribution in [2.45, 2.75) is 52.5 Å². The summed E-state index contributed by atoms with van der Waals surface area (Å²) in [5.41, 5.74) is -0.539. The maximum absolute atomic E-state index is 12.1. The van der Waals surface area contributed by atoms with Gasteiger partial charge >= 0.3 is 5.97 Å². The van der Waals surface area contributed by atoms with Gasteiger partial charge in [0.2, 0.25) is 11.8 Å². The number of hydrogen-bond acceptors (Lipinski definition) is 3. The highest BCUT2D eigenvalue weighted by atomic mass is 16.4. The highest BCUT2D eigenvalue weighted by Crippen LogP contribution is 2.20. The Bertz CT molecular complexity index is 387. The highest BCUT2D eigenvalue weighted by Gasteiger charge is 2.29. The number of rotatable bonds is 4. The second kappa shape index (κ2) is 6.72. The lowest BCUT2D eigenvalue weighted by Crippen LogP contribution is -2.49. The minimum absolute atomic E-state index is 0.0288. The fourth-order valence-corrected chi connectivity index (χ4v) is 2.27. The van der Waals surface area contributed by atoms with Gasteiger partial charge in [-0.25, -0.2) is 0 Å². The number of nitrogens with zero attached hydrogens (tertiary/aromatic N) is 1. The van der Waals surface area contributed by atoms with E-state index in [1.807, 2.05) is 0 Å². The van der Waals surface area contributed by atoms with Crippen LogP contribution in [0.3, 0.4) is 0 Å². The zero-order valence-corrected chi connectivity index (χ0v) is 12.4. The summed E-state index contributed by atoms with van der Waals surface area (Å²) in [7, 11) is 0. The van der Waals surface area contributed by atoms with Crippen LogP contribution < -0.4 is 5.32 Å². The summed E-state index contributed by atoms with van der Waals surface area (Å²) in [6.45, 7) is 5.84. The summed E-state index contributed by atoms with van der Waals surface area (Å²) in [4.78, 5) is 36.3. The molecule has 6 nitrogen and oxygen atoms in total. The maximum Gasteiger partial charge on any atom is 0.305 e. The van der Waals surface area contributed by atoms with Gasteiger partial charge in [0, 0.05) is 18.0 Å². The van der Waals surface area contributed by atoms with E-state index in [9.17, 15) is 14.4 Å². The van der Waals surface area contributed by atoms with Crippen LogP contribution in [0.15, 0.2) is 0 Å². The average Bonchev–Trinajstić information content (AvgIpc) is 2.34. The molecule has 1 saturated heterocycles. The van der Waals surface area contributed by atoms with E-state index in [0.717, 1.165) is 12.8 Å². The van der Waals surface area contributed by atoms with Gasteiger partial charge in [0.15, 0.2) is 0 Å². The molecule has 1 heterocycles. The van der Waals surface area contributed by atoms with Crippen LogP contribution in [0.25, 0.3) is 0 Å². The number of amides is 2.